The lowest BCUT2D eigenvalue weighted by molar-refractivity contribution is 0.0714. The van der Waals surface area contributed by atoms with Gasteiger partial charge in [-0.3, -0.25) is 4.79 Å². The lowest BCUT2D eigenvalue weighted by Gasteiger charge is -2.30. The van der Waals surface area contributed by atoms with Gasteiger partial charge in [0.15, 0.2) is 11.5 Å². The highest BCUT2D eigenvalue weighted by molar-refractivity contribution is 5.95. The number of ether oxygens (including phenoxy) is 2. The molecule has 0 atom stereocenters. The molecule has 122 valence electrons. The lowest BCUT2D eigenvalue weighted by Crippen LogP contribution is -2.42. The SMILES string of the molecule is CCCOc1ccc(C(=O)N2CCC(N)CC2)cc1OCC. The highest BCUT2D eigenvalue weighted by atomic mass is 16.5. The number of amides is 1. The van der Waals surface area contributed by atoms with Gasteiger partial charge >= 0.3 is 0 Å². The molecule has 0 aliphatic carbocycles. The standard InChI is InChI=1S/C17H26N2O3/c1-3-11-22-15-6-5-13(12-16(15)21-4-2)17(20)19-9-7-14(18)8-10-19/h5-6,12,14H,3-4,7-11,18H2,1-2H3. The van der Waals surface area contributed by atoms with Crippen LogP contribution in [0, 0.1) is 0 Å². The Kier molecular flexibility index (Phi) is 6.07. The molecule has 1 amide bonds. The van der Waals surface area contributed by atoms with Gasteiger partial charge in [-0.1, -0.05) is 6.92 Å². The normalized spacial score (nSPS) is 15.7. The average Bonchev–Trinajstić information content (AvgIpc) is 2.54. The van der Waals surface area contributed by atoms with E-state index in [1.165, 1.54) is 0 Å². The minimum Gasteiger partial charge on any atom is -0.490 e. The van der Waals surface area contributed by atoms with Gasteiger partial charge in [-0.25, -0.2) is 0 Å². The van der Waals surface area contributed by atoms with Crippen LogP contribution in [0.3, 0.4) is 0 Å². The first-order valence-electron chi connectivity index (χ1n) is 8.10. The van der Waals surface area contributed by atoms with Crippen LogP contribution in [-0.4, -0.2) is 43.2 Å². The first kappa shape index (κ1) is 16.6. The zero-order valence-corrected chi connectivity index (χ0v) is 13.5. The second-order valence-corrected chi connectivity index (χ2v) is 5.57. The van der Waals surface area contributed by atoms with Gasteiger partial charge in [0.2, 0.25) is 0 Å². The Morgan fingerprint density at radius 3 is 2.59 bits per heavy atom. The number of carbonyl (C=O) groups is 1. The van der Waals surface area contributed by atoms with E-state index in [2.05, 4.69) is 6.92 Å². The van der Waals surface area contributed by atoms with Crippen LogP contribution in [0.25, 0.3) is 0 Å². The third-order valence-corrected chi connectivity index (χ3v) is 3.78. The number of carbonyl (C=O) groups excluding carboxylic acids is 1. The van der Waals surface area contributed by atoms with Gasteiger partial charge in [0.25, 0.3) is 5.91 Å². The summed E-state index contributed by atoms with van der Waals surface area (Å²) in [5, 5.41) is 0. The fourth-order valence-electron chi connectivity index (χ4n) is 2.53. The van der Waals surface area contributed by atoms with Crippen molar-refractivity contribution in [2.75, 3.05) is 26.3 Å². The van der Waals surface area contributed by atoms with Gasteiger partial charge in [0.1, 0.15) is 0 Å². The molecule has 1 aromatic carbocycles. The van der Waals surface area contributed by atoms with Gasteiger partial charge < -0.3 is 20.1 Å². The van der Waals surface area contributed by atoms with Gasteiger partial charge in [-0.05, 0) is 44.4 Å². The summed E-state index contributed by atoms with van der Waals surface area (Å²) >= 11 is 0. The van der Waals surface area contributed by atoms with Crippen LogP contribution < -0.4 is 15.2 Å². The van der Waals surface area contributed by atoms with Crippen molar-refractivity contribution in [2.24, 2.45) is 5.73 Å². The number of hydrogen-bond acceptors (Lipinski definition) is 4. The minimum atomic E-state index is 0.0369. The monoisotopic (exact) mass is 306 g/mol. The summed E-state index contributed by atoms with van der Waals surface area (Å²) in [6.07, 6.45) is 2.66. The quantitative estimate of drug-likeness (QED) is 0.876. The van der Waals surface area contributed by atoms with Crippen molar-refractivity contribution >= 4 is 5.91 Å². The van der Waals surface area contributed by atoms with Crippen molar-refractivity contribution in [3.8, 4) is 11.5 Å². The van der Waals surface area contributed by atoms with Crippen molar-refractivity contribution in [1.82, 2.24) is 4.90 Å². The van der Waals surface area contributed by atoms with E-state index >= 15 is 0 Å². The van der Waals surface area contributed by atoms with Crippen molar-refractivity contribution in [3.63, 3.8) is 0 Å². The van der Waals surface area contributed by atoms with Crippen LogP contribution in [-0.2, 0) is 0 Å². The van der Waals surface area contributed by atoms with Crippen LogP contribution in [0.2, 0.25) is 0 Å². The maximum Gasteiger partial charge on any atom is 0.253 e. The largest absolute Gasteiger partial charge is 0.490 e. The van der Waals surface area contributed by atoms with Crippen molar-refractivity contribution in [2.45, 2.75) is 39.2 Å². The zero-order valence-electron chi connectivity index (χ0n) is 13.5. The predicted octanol–water partition coefficient (Wildman–Crippen LogP) is 2.44. The van der Waals surface area contributed by atoms with Gasteiger partial charge in [0, 0.05) is 24.7 Å². The molecule has 22 heavy (non-hydrogen) atoms. The molecule has 1 saturated heterocycles. The molecule has 2 rings (SSSR count). The first-order valence-corrected chi connectivity index (χ1v) is 8.10. The number of piperidine rings is 1. The molecule has 5 heteroatoms. The predicted molar refractivity (Wildman–Crippen MR) is 86.5 cm³/mol. The summed E-state index contributed by atoms with van der Waals surface area (Å²) in [6.45, 7) is 6.59. The molecule has 1 aliphatic rings. The van der Waals surface area contributed by atoms with Crippen LogP contribution in [0.1, 0.15) is 43.5 Å². The molecular weight excluding hydrogens is 280 g/mol. The Bertz CT molecular complexity index is 497. The van der Waals surface area contributed by atoms with E-state index in [0.717, 1.165) is 32.4 Å². The third kappa shape index (κ3) is 4.13. The van der Waals surface area contributed by atoms with Crippen LogP contribution >= 0.6 is 0 Å². The second kappa shape index (κ2) is 8.03. The van der Waals surface area contributed by atoms with E-state index in [-0.39, 0.29) is 11.9 Å². The number of hydrogen-bond donors (Lipinski definition) is 1. The summed E-state index contributed by atoms with van der Waals surface area (Å²) in [4.78, 5) is 14.4. The molecular formula is C17H26N2O3. The zero-order chi connectivity index (χ0) is 15.9. The van der Waals surface area contributed by atoms with E-state index in [4.69, 9.17) is 15.2 Å². The second-order valence-electron chi connectivity index (χ2n) is 5.57. The van der Waals surface area contributed by atoms with Gasteiger partial charge in [-0.15, -0.1) is 0 Å². The van der Waals surface area contributed by atoms with Crippen LogP contribution in [0.4, 0.5) is 0 Å². The van der Waals surface area contributed by atoms with E-state index in [1.807, 2.05) is 24.0 Å². The van der Waals surface area contributed by atoms with Crippen LogP contribution in [0.5, 0.6) is 11.5 Å². The van der Waals surface area contributed by atoms with E-state index < -0.39 is 0 Å². The molecule has 1 heterocycles. The Labute approximate surface area is 132 Å². The number of likely N-dealkylation sites (tertiary alicyclic amines) is 1. The summed E-state index contributed by atoms with van der Waals surface area (Å²) < 4.78 is 11.3. The Balaban J connectivity index is 2.13. The fraction of sp³-hybridized carbons (Fsp3) is 0.588. The first-order chi connectivity index (χ1) is 10.7. The lowest BCUT2D eigenvalue weighted by atomic mass is 10.0. The molecule has 2 N–H and O–H groups in total. The smallest absolute Gasteiger partial charge is 0.253 e. The Hall–Kier alpha value is -1.75. The molecule has 0 aromatic heterocycles. The van der Waals surface area contributed by atoms with E-state index in [0.29, 0.717) is 30.3 Å². The highest BCUT2D eigenvalue weighted by Gasteiger charge is 2.22. The third-order valence-electron chi connectivity index (χ3n) is 3.78. The molecule has 1 aromatic rings. The average molecular weight is 306 g/mol. The Morgan fingerprint density at radius 2 is 1.95 bits per heavy atom. The Morgan fingerprint density at radius 1 is 1.23 bits per heavy atom. The van der Waals surface area contributed by atoms with E-state index in [9.17, 15) is 4.79 Å². The summed E-state index contributed by atoms with van der Waals surface area (Å²) in [5.74, 6) is 1.37. The highest BCUT2D eigenvalue weighted by Crippen LogP contribution is 2.29. The molecule has 0 spiro atoms. The maximum absolute atomic E-state index is 12.6. The maximum atomic E-state index is 12.6. The van der Waals surface area contributed by atoms with Crippen molar-refractivity contribution < 1.29 is 14.3 Å². The van der Waals surface area contributed by atoms with Crippen molar-refractivity contribution in [3.05, 3.63) is 23.8 Å². The fourth-order valence-corrected chi connectivity index (χ4v) is 2.53. The molecule has 0 radical (unpaired) electrons. The summed E-state index contributed by atoms with van der Waals surface area (Å²) in [5.41, 5.74) is 6.53. The number of nitrogens with zero attached hydrogens (tertiary/aromatic N) is 1. The van der Waals surface area contributed by atoms with Gasteiger partial charge in [-0.2, -0.15) is 0 Å². The number of nitrogens with two attached hydrogens (primary N) is 1. The molecule has 0 bridgehead atoms. The van der Waals surface area contributed by atoms with Crippen LogP contribution in [0.15, 0.2) is 18.2 Å². The van der Waals surface area contributed by atoms with Crippen molar-refractivity contribution in [1.29, 1.82) is 0 Å². The molecule has 0 unspecified atom stereocenters. The number of benzene rings is 1. The molecule has 1 aliphatic heterocycles. The molecule has 0 saturated carbocycles. The topological polar surface area (TPSA) is 64.8 Å². The molecule has 5 nitrogen and oxygen atoms in total. The minimum absolute atomic E-state index is 0.0369. The number of rotatable bonds is 6. The van der Waals surface area contributed by atoms with E-state index in [1.54, 1.807) is 6.07 Å². The summed E-state index contributed by atoms with van der Waals surface area (Å²) in [7, 11) is 0. The van der Waals surface area contributed by atoms with Gasteiger partial charge in [0.05, 0.1) is 13.2 Å². The molecule has 1 fully saturated rings. The summed E-state index contributed by atoms with van der Waals surface area (Å²) in [6, 6.07) is 5.63.